The lowest BCUT2D eigenvalue weighted by molar-refractivity contribution is -0.118. The monoisotopic (exact) mass is 456 g/mol. The molecule has 0 unspecified atom stereocenters. The molecule has 30 heavy (non-hydrogen) atoms. The van der Waals surface area contributed by atoms with Crippen molar-refractivity contribution < 1.29 is 4.79 Å². The minimum absolute atomic E-state index is 0.0527. The number of halogens is 1. The molecule has 1 amide bonds. The number of fused-ring (bicyclic) bond motifs is 1. The molecule has 8 heteroatoms. The average Bonchev–Trinajstić information content (AvgIpc) is 3.40. The van der Waals surface area contributed by atoms with Crippen molar-refractivity contribution in [2.24, 2.45) is 0 Å². The molecule has 0 saturated carbocycles. The standard InChI is InChI=1S/C22H21ClN4OS2/c1-16-6-8-17(9-7-16)29-15-10-20(28)27(14-13-26-12-3-11-24-26)22-25-21-18(23)4-2-5-19(21)30-22/h2-9,11-12H,10,13-15H2,1H3. The SMILES string of the molecule is Cc1ccc(SCCC(=O)N(CCn2cccn2)c2nc3c(Cl)cccc3s2)cc1. The highest BCUT2D eigenvalue weighted by Crippen LogP contribution is 2.33. The normalized spacial score (nSPS) is 11.1. The first kappa shape index (κ1) is 20.9. The number of rotatable bonds is 8. The van der Waals surface area contributed by atoms with Crippen LogP contribution in [0, 0.1) is 6.92 Å². The number of carbonyl (C=O) groups is 1. The molecule has 0 aliphatic heterocycles. The Kier molecular flexibility index (Phi) is 6.72. The van der Waals surface area contributed by atoms with Gasteiger partial charge in [0.15, 0.2) is 5.13 Å². The number of aromatic nitrogens is 3. The van der Waals surface area contributed by atoms with Crippen LogP contribution in [0.15, 0.2) is 65.8 Å². The van der Waals surface area contributed by atoms with Crippen LogP contribution in [-0.2, 0) is 11.3 Å². The van der Waals surface area contributed by atoms with Crippen molar-refractivity contribution in [1.29, 1.82) is 0 Å². The number of carbonyl (C=O) groups excluding carboxylic acids is 1. The number of nitrogens with zero attached hydrogens (tertiary/aromatic N) is 4. The first-order valence-electron chi connectivity index (χ1n) is 9.62. The number of para-hydroxylation sites is 1. The molecule has 4 aromatic rings. The minimum Gasteiger partial charge on any atom is -0.286 e. The Bertz CT molecular complexity index is 1130. The van der Waals surface area contributed by atoms with Gasteiger partial charge in [0.1, 0.15) is 5.52 Å². The highest BCUT2D eigenvalue weighted by molar-refractivity contribution is 7.99. The maximum Gasteiger partial charge on any atom is 0.229 e. The molecule has 0 N–H and O–H groups in total. The fourth-order valence-corrected chi connectivity index (χ4v) is 5.16. The van der Waals surface area contributed by atoms with Gasteiger partial charge >= 0.3 is 0 Å². The summed E-state index contributed by atoms with van der Waals surface area (Å²) in [5, 5.41) is 5.52. The van der Waals surface area contributed by atoms with E-state index in [9.17, 15) is 4.79 Å². The van der Waals surface area contributed by atoms with E-state index in [-0.39, 0.29) is 5.91 Å². The van der Waals surface area contributed by atoms with Crippen LogP contribution in [0.4, 0.5) is 5.13 Å². The summed E-state index contributed by atoms with van der Waals surface area (Å²) in [5.41, 5.74) is 1.97. The molecular formula is C22H21ClN4OS2. The number of aryl methyl sites for hydroxylation is 1. The molecule has 2 aromatic heterocycles. The number of hydrogen-bond donors (Lipinski definition) is 0. The van der Waals surface area contributed by atoms with E-state index in [4.69, 9.17) is 11.6 Å². The van der Waals surface area contributed by atoms with Crippen LogP contribution >= 0.6 is 34.7 Å². The molecule has 2 heterocycles. The molecule has 2 aromatic carbocycles. The first-order chi connectivity index (χ1) is 14.6. The Balaban J connectivity index is 1.48. The van der Waals surface area contributed by atoms with Crippen molar-refractivity contribution in [2.45, 2.75) is 24.8 Å². The van der Waals surface area contributed by atoms with Gasteiger partial charge in [-0.3, -0.25) is 14.4 Å². The number of hydrogen-bond acceptors (Lipinski definition) is 5. The fraction of sp³-hybridized carbons (Fsp3) is 0.227. The molecular weight excluding hydrogens is 436 g/mol. The van der Waals surface area contributed by atoms with Crippen LogP contribution in [-0.4, -0.2) is 33.0 Å². The zero-order valence-electron chi connectivity index (χ0n) is 16.5. The van der Waals surface area contributed by atoms with Crippen molar-refractivity contribution in [3.05, 3.63) is 71.5 Å². The lowest BCUT2D eigenvalue weighted by Crippen LogP contribution is -2.34. The lowest BCUT2D eigenvalue weighted by atomic mass is 10.2. The van der Waals surface area contributed by atoms with Crippen LogP contribution < -0.4 is 4.90 Å². The van der Waals surface area contributed by atoms with E-state index in [1.165, 1.54) is 21.8 Å². The molecule has 0 radical (unpaired) electrons. The second-order valence-corrected chi connectivity index (χ2v) is 9.39. The first-order valence-corrected chi connectivity index (χ1v) is 11.8. The third-order valence-electron chi connectivity index (χ3n) is 4.61. The van der Waals surface area contributed by atoms with E-state index >= 15 is 0 Å². The van der Waals surface area contributed by atoms with Crippen LogP contribution in [0.5, 0.6) is 0 Å². The Morgan fingerprint density at radius 3 is 2.77 bits per heavy atom. The molecule has 0 atom stereocenters. The highest BCUT2D eigenvalue weighted by Gasteiger charge is 2.20. The third-order valence-corrected chi connectivity index (χ3v) is 6.97. The van der Waals surface area contributed by atoms with E-state index in [0.717, 1.165) is 10.2 Å². The molecule has 0 bridgehead atoms. The van der Waals surface area contributed by atoms with E-state index in [1.807, 2.05) is 35.1 Å². The van der Waals surface area contributed by atoms with Gasteiger partial charge < -0.3 is 0 Å². The smallest absolute Gasteiger partial charge is 0.229 e. The summed E-state index contributed by atoms with van der Waals surface area (Å²) >= 11 is 9.48. The Morgan fingerprint density at radius 1 is 1.20 bits per heavy atom. The van der Waals surface area contributed by atoms with Gasteiger partial charge in [0, 0.05) is 36.0 Å². The second kappa shape index (κ2) is 9.64. The molecule has 5 nitrogen and oxygen atoms in total. The van der Waals surface area contributed by atoms with Crippen molar-refractivity contribution in [2.75, 3.05) is 17.2 Å². The van der Waals surface area contributed by atoms with Crippen LogP contribution in [0.3, 0.4) is 0 Å². The van der Waals surface area contributed by atoms with E-state index in [1.54, 1.807) is 22.9 Å². The molecule has 0 aliphatic rings. The molecule has 0 spiro atoms. The van der Waals surface area contributed by atoms with Crippen molar-refractivity contribution in [1.82, 2.24) is 14.8 Å². The van der Waals surface area contributed by atoms with Gasteiger partial charge in [0.05, 0.1) is 16.3 Å². The van der Waals surface area contributed by atoms with Gasteiger partial charge in [-0.05, 0) is 37.3 Å². The van der Waals surface area contributed by atoms with Gasteiger partial charge in [-0.25, -0.2) is 4.98 Å². The maximum absolute atomic E-state index is 13.1. The predicted molar refractivity (Wildman–Crippen MR) is 126 cm³/mol. The molecule has 0 saturated heterocycles. The maximum atomic E-state index is 13.1. The summed E-state index contributed by atoms with van der Waals surface area (Å²) in [6.07, 6.45) is 4.06. The summed E-state index contributed by atoms with van der Waals surface area (Å²) in [5.74, 6) is 0.767. The highest BCUT2D eigenvalue weighted by atomic mass is 35.5. The number of thioether (sulfide) groups is 1. The summed E-state index contributed by atoms with van der Waals surface area (Å²) in [6.45, 7) is 3.18. The molecule has 4 rings (SSSR count). The van der Waals surface area contributed by atoms with Gasteiger partial charge in [-0.15, -0.1) is 11.8 Å². The largest absolute Gasteiger partial charge is 0.286 e. The summed E-state index contributed by atoms with van der Waals surface area (Å²) in [7, 11) is 0. The van der Waals surface area contributed by atoms with Gasteiger partial charge in [-0.1, -0.05) is 46.7 Å². The van der Waals surface area contributed by atoms with Crippen molar-refractivity contribution >= 4 is 56.0 Å². The van der Waals surface area contributed by atoms with Crippen molar-refractivity contribution in [3.63, 3.8) is 0 Å². The second-order valence-electron chi connectivity index (χ2n) is 6.81. The molecule has 0 fully saturated rings. The Labute approximate surface area is 188 Å². The van der Waals surface area contributed by atoms with Crippen LogP contribution in [0.2, 0.25) is 5.02 Å². The zero-order chi connectivity index (χ0) is 20.9. The minimum atomic E-state index is 0.0527. The average molecular weight is 457 g/mol. The zero-order valence-corrected chi connectivity index (χ0v) is 18.9. The topological polar surface area (TPSA) is 51.0 Å². The number of amides is 1. The summed E-state index contributed by atoms with van der Waals surface area (Å²) in [6, 6.07) is 15.9. The lowest BCUT2D eigenvalue weighted by Gasteiger charge is -2.20. The van der Waals surface area contributed by atoms with Gasteiger partial charge in [0.2, 0.25) is 5.91 Å². The Hall–Kier alpha value is -2.35. The number of thiazole rings is 1. The van der Waals surface area contributed by atoms with E-state index < -0.39 is 0 Å². The predicted octanol–water partition coefficient (Wildman–Crippen LogP) is 5.67. The van der Waals surface area contributed by atoms with Crippen molar-refractivity contribution in [3.8, 4) is 0 Å². The third kappa shape index (κ3) is 5.03. The van der Waals surface area contributed by atoms with E-state index in [0.29, 0.717) is 35.4 Å². The quantitative estimate of drug-likeness (QED) is 0.320. The number of anilines is 1. The van der Waals surface area contributed by atoms with Crippen LogP contribution in [0.1, 0.15) is 12.0 Å². The van der Waals surface area contributed by atoms with Gasteiger partial charge in [-0.2, -0.15) is 5.10 Å². The number of benzene rings is 2. The Morgan fingerprint density at radius 2 is 2.03 bits per heavy atom. The fourth-order valence-electron chi connectivity index (χ4n) is 3.01. The molecule has 154 valence electrons. The summed E-state index contributed by atoms with van der Waals surface area (Å²) < 4.78 is 2.80. The van der Waals surface area contributed by atoms with Crippen LogP contribution in [0.25, 0.3) is 10.2 Å². The molecule has 0 aliphatic carbocycles. The summed E-state index contributed by atoms with van der Waals surface area (Å²) in [4.78, 5) is 20.7. The van der Waals surface area contributed by atoms with Gasteiger partial charge in [0.25, 0.3) is 0 Å². The van der Waals surface area contributed by atoms with E-state index in [2.05, 4.69) is 41.3 Å².